The number of rotatable bonds is 7. The molecular weight excluding hydrogens is 278 g/mol. The topological polar surface area (TPSA) is 67.2 Å². The summed E-state index contributed by atoms with van der Waals surface area (Å²) in [5, 5.41) is 17.5. The number of carbonyl (C=O) groups excluding carboxylic acids is 1. The summed E-state index contributed by atoms with van der Waals surface area (Å²) in [6.07, 6.45) is 3.73. The average molecular weight is 301 g/mol. The summed E-state index contributed by atoms with van der Waals surface area (Å²) in [6, 6.07) is 11.0. The molecule has 1 heterocycles. The number of aromatic nitrogens is 2. The molecule has 0 aliphatic heterocycles. The van der Waals surface area contributed by atoms with E-state index in [0.717, 1.165) is 24.9 Å². The molecule has 5 heteroatoms. The van der Waals surface area contributed by atoms with Gasteiger partial charge in [0.25, 0.3) is 0 Å². The zero-order valence-electron chi connectivity index (χ0n) is 13.1. The molecule has 2 aromatic rings. The molecule has 1 aromatic heterocycles. The van der Waals surface area contributed by atoms with E-state index in [-0.39, 0.29) is 12.3 Å². The van der Waals surface area contributed by atoms with E-state index in [1.807, 2.05) is 30.3 Å². The maximum atomic E-state index is 12.2. The minimum atomic E-state index is -1.19. The van der Waals surface area contributed by atoms with Gasteiger partial charge in [0, 0.05) is 12.6 Å². The summed E-state index contributed by atoms with van der Waals surface area (Å²) in [5.41, 5.74) is -0.468. The fraction of sp³-hybridized carbons (Fsp3) is 0.412. The van der Waals surface area contributed by atoms with E-state index in [2.05, 4.69) is 17.3 Å². The molecule has 22 heavy (non-hydrogen) atoms. The van der Waals surface area contributed by atoms with Crippen LogP contribution in [0, 0.1) is 0 Å². The Morgan fingerprint density at radius 1 is 1.32 bits per heavy atom. The zero-order chi connectivity index (χ0) is 16.0. The highest BCUT2D eigenvalue weighted by molar-refractivity contribution is 5.90. The number of benzene rings is 1. The van der Waals surface area contributed by atoms with Gasteiger partial charge in [0.1, 0.15) is 5.82 Å². The first kappa shape index (κ1) is 16.2. The van der Waals surface area contributed by atoms with Crippen molar-refractivity contribution in [2.75, 3.05) is 5.32 Å². The molecule has 1 amide bonds. The molecule has 1 aromatic carbocycles. The molecular formula is C17H23N3O2. The van der Waals surface area contributed by atoms with E-state index in [1.54, 1.807) is 23.9 Å². The number of hydrogen-bond donors (Lipinski definition) is 2. The van der Waals surface area contributed by atoms with Gasteiger partial charge >= 0.3 is 0 Å². The number of anilines is 1. The highest BCUT2D eigenvalue weighted by Gasteiger charge is 2.26. The first-order valence-corrected chi connectivity index (χ1v) is 7.62. The molecule has 1 atom stereocenters. The van der Waals surface area contributed by atoms with E-state index < -0.39 is 5.60 Å². The van der Waals surface area contributed by atoms with Gasteiger partial charge in [-0.15, -0.1) is 0 Å². The SMILES string of the molecule is CCCCn1nccc1NC(=O)CC(C)(O)c1ccccc1. The van der Waals surface area contributed by atoms with Gasteiger partial charge in [-0.2, -0.15) is 5.10 Å². The first-order valence-electron chi connectivity index (χ1n) is 7.62. The van der Waals surface area contributed by atoms with Crippen LogP contribution in [-0.2, 0) is 16.9 Å². The van der Waals surface area contributed by atoms with Crippen molar-refractivity contribution in [3.05, 3.63) is 48.2 Å². The van der Waals surface area contributed by atoms with Gasteiger partial charge < -0.3 is 10.4 Å². The Morgan fingerprint density at radius 2 is 2.05 bits per heavy atom. The molecule has 2 rings (SSSR count). The second-order valence-corrected chi connectivity index (χ2v) is 5.66. The quantitative estimate of drug-likeness (QED) is 0.826. The monoisotopic (exact) mass is 301 g/mol. The fourth-order valence-corrected chi connectivity index (χ4v) is 2.32. The Balaban J connectivity index is 2.00. The maximum absolute atomic E-state index is 12.2. The summed E-state index contributed by atoms with van der Waals surface area (Å²) in [5.74, 6) is 0.439. The predicted octanol–water partition coefficient (Wildman–Crippen LogP) is 2.92. The Kier molecular flexibility index (Phi) is 5.33. The molecule has 0 aliphatic rings. The molecule has 0 aliphatic carbocycles. The first-order chi connectivity index (χ1) is 10.5. The van der Waals surface area contributed by atoms with Crippen LogP contribution in [0.5, 0.6) is 0 Å². The molecule has 0 radical (unpaired) electrons. The summed E-state index contributed by atoms with van der Waals surface area (Å²) in [6.45, 7) is 4.53. The standard InChI is InChI=1S/C17H23N3O2/c1-3-4-12-20-15(10-11-18-20)19-16(21)13-17(2,22)14-8-6-5-7-9-14/h5-11,22H,3-4,12-13H2,1-2H3,(H,19,21). The van der Waals surface area contributed by atoms with E-state index in [4.69, 9.17) is 0 Å². The minimum Gasteiger partial charge on any atom is -0.385 e. The summed E-state index contributed by atoms with van der Waals surface area (Å²) >= 11 is 0. The van der Waals surface area contributed by atoms with Crippen molar-refractivity contribution in [1.82, 2.24) is 9.78 Å². The number of nitrogens with one attached hydrogen (secondary N) is 1. The molecule has 1 unspecified atom stereocenters. The maximum Gasteiger partial charge on any atom is 0.228 e. The van der Waals surface area contributed by atoms with Gasteiger partial charge in [-0.25, -0.2) is 4.68 Å². The van der Waals surface area contributed by atoms with Gasteiger partial charge in [0.15, 0.2) is 0 Å². The Hall–Kier alpha value is -2.14. The van der Waals surface area contributed by atoms with Crippen molar-refractivity contribution in [3.8, 4) is 0 Å². The normalized spacial score (nSPS) is 13.6. The fourth-order valence-electron chi connectivity index (χ4n) is 2.32. The average Bonchev–Trinajstić information content (AvgIpc) is 2.92. The van der Waals surface area contributed by atoms with Crippen LogP contribution in [0.25, 0.3) is 0 Å². The van der Waals surface area contributed by atoms with E-state index in [0.29, 0.717) is 5.82 Å². The molecule has 0 saturated heterocycles. The van der Waals surface area contributed by atoms with Crippen LogP contribution in [0.4, 0.5) is 5.82 Å². The molecule has 2 N–H and O–H groups in total. The number of unbranched alkanes of at least 4 members (excludes halogenated alkanes) is 1. The number of aliphatic hydroxyl groups is 1. The lowest BCUT2D eigenvalue weighted by molar-refractivity contribution is -0.120. The largest absolute Gasteiger partial charge is 0.385 e. The number of carbonyl (C=O) groups is 1. The highest BCUT2D eigenvalue weighted by Crippen LogP contribution is 2.24. The van der Waals surface area contributed by atoms with Crippen LogP contribution in [0.15, 0.2) is 42.6 Å². The molecule has 5 nitrogen and oxygen atoms in total. The van der Waals surface area contributed by atoms with E-state index in [1.165, 1.54) is 0 Å². The predicted molar refractivity (Wildman–Crippen MR) is 86.4 cm³/mol. The summed E-state index contributed by atoms with van der Waals surface area (Å²) in [7, 11) is 0. The van der Waals surface area contributed by atoms with Gasteiger partial charge in [-0.1, -0.05) is 43.7 Å². The Labute approximate surface area is 131 Å². The van der Waals surface area contributed by atoms with Crippen LogP contribution in [-0.4, -0.2) is 20.8 Å². The van der Waals surface area contributed by atoms with Crippen LogP contribution in [0.2, 0.25) is 0 Å². The number of amides is 1. The van der Waals surface area contributed by atoms with Crippen LogP contribution >= 0.6 is 0 Å². The lowest BCUT2D eigenvalue weighted by Crippen LogP contribution is -2.29. The van der Waals surface area contributed by atoms with Crippen LogP contribution < -0.4 is 5.32 Å². The van der Waals surface area contributed by atoms with Crippen molar-refractivity contribution in [2.24, 2.45) is 0 Å². The second-order valence-electron chi connectivity index (χ2n) is 5.66. The zero-order valence-corrected chi connectivity index (χ0v) is 13.1. The van der Waals surface area contributed by atoms with Crippen molar-refractivity contribution in [1.29, 1.82) is 0 Å². The number of nitrogens with zero attached hydrogens (tertiary/aromatic N) is 2. The van der Waals surface area contributed by atoms with E-state index >= 15 is 0 Å². The van der Waals surface area contributed by atoms with Crippen molar-refractivity contribution >= 4 is 11.7 Å². The summed E-state index contributed by atoms with van der Waals surface area (Å²) < 4.78 is 1.78. The Bertz CT molecular complexity index is 605. The third-order valence-corrected chi connectivity index (χ3v) is 3.61. The van der Waals surface area contributed by atoms with Crippen LogP contribution in [0.3, 0.4) is 0 Å². The van der Waals surface area contributed by atoms with Crippen molar-refractivity contribution in [2.45, 2.75) is 45.3 Å². The minimum absolute atomic E-state index is 0.00400. The molecule has 118 valence electrons. The molecule has 0 spiro atoms. The number of aryl methyl sites for hydroxylation is 1. The van der Waals surface area contributed by atoms with Crippen molar-refractivity contribution < 1.29 is 9.90 Å². The third-order valence-electron chi connectivity index (χ3n) is 3.61. The lowest BCUT2D eigenvalue weighted by Gasteiger charge is -2.23. The third kappa shape index (κ3) is 4.18. The molecule has 0 saturated carbocycles. The van der Waals surface area contributed by atoms with Crippen LogP contribution in [0.1, 0.15) is 38.7 Å². The molecule has 0 fully saturated rings. The smallest absolute Gasteiger partial charge is 0.228 e. The van der Waals surface area contributed by atoms with Gasteiger partial charge in [0.2, 0.25) is 5.91 Å². The van der Waals surface area contributed by atoms with E-state index in [9.17, 15) is 9.90 Å². The van der Waals surface area contributed by atoms with Gasteiger partial charge in [0.05, 0.1) is 18.2 Å². The Morgan fingerprint density at radius 3 is 2.73 bits per heavy atom. The molecule has 0 bridgehead atoms. The number of hydrogen-bond acceptors (Lipinski definition) is 3. The second kappa shape index (κ2) is 7.22. The highest BCUT2D eigenvalue weighted by atomic mass is 16.3. The van der Waals surface area contributed by atoms with Crippen molar-refractivity contribution in [3.63, 3.8) is 0 Å². The summed E-state index contributed by atoms with van der Waals surface area (Å²) in [4.78, 5) is 12.2. The lowest BCUT2D eigenvalue weighted by atomic mass is 9.92. The van der Waals surface area contributed by atoms with Gasteiger partial charge in [-0.3, -0.25) is 4.79 Å². The van der Waals surface area contributed by atoms with Gasteiger partial charge in [-0.05, 0) is 18.9 Å².